The summed E-state index contributed by atoms with van der Waals surface area (Å²) < 4.78 is 30.5. The van der Waals surface area contributed by atoms with Gasteiger partial charge < -0.3 is 10.1 Å². The van der Waals surface area contributed by atoms with Crippen molar-refractivity contribution in [1.82, 2.24) is 4.72 Å². The van der Waals surface area contributed by atoms with Gasteiger partial charge in [-0.05, 0) is 31.7 Å². The lowest BCUT2D eigenvalue weighted by atomic mass is 10.2. The molecule has 0 spiro atoms. The number of sulfonamides is 1. The van der Waals surface area contributed by atoms with Crippen LogP contribution in [0.5, 0.6) is 0 Å². The molecule has 2 N–H and O–H groups in total. The summed E-state index contributed by atoms with van der Waals surface area (Å²) in [5.74, 6) is 0. The second-order valence-corrected chi connectivity index (χ2v) is 5.49. The van der Waals surface area contributed by atoms with Crippen LogP contribution < -0.4 is 10.0 Å². The molecule has 96 valence electrons. The maximum atomic E-state index is 11.6. The van der Waals surface area contributed by atoms with Gasteiger partial charge in [-0.3, -0.25) is 0 Å². The predicted molar refractivity (Wildman–Crippen MR) is 67.8 cm³/mol. The van der Waals surface area contributed by atoms with Crippen LogP contribution in [0, 0.1) is 6.92 Å². The number of nitrogens with one attached hydrogen (secondary N) is 2. The zero-order valence-corrected chi connectivity index (χ0v) is 11.1. The first kappa shape index (κ1) is 14.0. The highest BCUT2D eigenvalue weighted by Gasteiger charge is 2.12. The minimum absolute atomic E-state index is 0.255. The molecule has 0 fully saturated rings. The van der Waals surface area contributed by atoms with Crippen molar-refractivity contribution in [2.75, 3.05) is 32.6 Å². The Morgan fingerprint density at radius 3 is 2.65 bits per heavy atom. The molecule has 0 aliphatic rings. The van der Waals surface area contributed by atoms with E-state index in [4.69, 9.17) is 4.74 Å². The van der Waals surface area contributed by atoms with Crippen LogP contribution in [0.3, 0.4) is 0 Å². The van der Waals surface area contributed by atoms with E-state index in [-0.39, 0.29) is 4.90 Å². The molecule has 1 rings (SSSR count). The first-order chi connectivity index (χ1) is 8.01. The molecule has 1 aromatic carbocycles. The molecular formula is C11H18N2O3S. The zero-order chi connectivity index (χ0) is 12.9. The highest BCUT2D eigenvalue weighted by atomic mass is 32.2. The molecule has 0 atom stereocenters. The highest BCUT2D eigenvalue weighted by Crippen LogP contribution is 2.19. The Kier molecular flexibility index (Phi) is 4.92. The molecule has 0 saturated heterocycles. The van der Waals surface area contributed by atoms with E-state index >= 15 is 0 Å². The van der Waals surface area contributed by atoms with Gasteiger partial charge in [-0.15, -0.1) is 0 Å². The zero-order valence-electron chi connectivity index (χ0n) is 10.3. The summed E-state index contributed by atoms with van der Waals surface area (Å²) in [7, 11) is -0.372. The van der Waals surface area contributed by atoms with Crippen LogP contribution in [0.1, 0.15) is 5.56 Å². The third-order valence-electron chi connectivity index (χ3n) is 2.41. The molecule has 0 aromatic heterocycles. The molecule has 0 radical (unpaired) electrons. The van der Waals surface area contributed by atoms with E-state index in [9.17, 15) is 8.42 Å². The predicted octanol–water partition coefficient (Wildman–Crippen LogP) is 0.961. The smallest absolute Gasteiger partial charge is 0.240 e. The first-order valence-corrected chi connectivity index (χ1v) is 6.76. The van der Waals surface area contributed by atoms with Crippen LogP contribution in [0.4, 0.5) is 5.69 Å². The molecule has 0 unspecified atom stereocenters. The van der Waals surface area contributed by atoms with Crippen LogP contribution in [0.15, 0.2) is 23.1 Å². The quantitative estimate of drug-likeness (QED) is 0.746. The second-order valence-electron chi connectivity index (χ2n) is 3.60. The molecule has 0 aliphatic heterocycles. The van der Waals surface area contributed by atoms with Crippen LogP contribution in [0.25, 0.3) is 0 Å². The lowest BCUT2D eigenvalue weighted by Crippen LogP contribution is -2.19. The molecule has 0 saturated carbocycles. The van der Waals surface area contributed by atoms with Gasteiger partial charge in [0.2, 0.25) is 10.0 Å². The Hall–Kier alpha value is -1.11. The van der Waals surface area contributed by atoms with Crippen molar-refractivity contribution in [3.8, 4) is 0 Å². The van der Waals surface area contributed by atoms with Crippen LogP contribution >= 0.6 is 0 Å². The number of hydrogen-bond acceptors (Lipinski definition) is 4. The van der Waals surface area contributed by atoms with Crippen molar-refractivity contribution in [3.05, 3.63) is 23.8 Å². The average Bonchev–Trinajstić information content (AvgIpc) is 2.31. The Bertz CT molecular complexity index is 472. The lowest BCUT2D eigenvalue weighted by molar-refractivity contribution is 0.211. The summed E-state index contributed by atoms with van der Waals surface area (Å²) in [6.07, 6.45) is 0. The summed E-state index contributed by atoms with van der Waals surface area (Å²) in [6.45, 7) is 3.13. The monoisotopic (exact) mass is 258 g/mol. The number of hydrogen-bond donors (Lipinski definition) is 2. The number of ether oxygens (including phenoxy) is 1. The van der Waals surface area contributed by atoms with Gasteiger partial charge in [0.25, 0.3) is 0 Å². The van der Waals surface area contributed by atoms with E-state index < -0.39 is 10.0 Å². The normalized spacial score (nSPS) is 11.5. The third kappa shape index (κ3) is 3.69. The van der Waals surface area contributed by atoms with Gasteiger partial charge in [0.1, 0.15) is 0 Å². The minimum atomic E-state index is -3.39. The first-order valence-electron chi connectivity index (χ1n) is 5.28. The van der Waals surface area contributed by atoms with E-state index in [1.807, 2.05) is 6.92 Å². The maximum Gasteiger partial charge on any atom is 0.240 e. The van der Waals surface area contributed by atoms with Crippen LogP contribution in [-0.2, 0) is 14.8 Å². The molecule has 1 aromatic rings. The third-order valence-corrected chi connectivity index (χ3v) is 3.82. The van der Waals surface area contributed by atoms with Gasteiger partial charge in [-0.2, -0.15) is 0 Å². The molecule has 17 heavy (non-hydrogen) atoms. The van der Waals surface area contributed by atoms with E-state index in [0.717, 1.165) is 11.3 Å². The Morgan fingerprint density at radius 1 is 1.35 bits per heavy atom. The molecule has 5 nitrogen and oxygen atoms in total. The van der Waals surface area contributed by atoms with E-state index in [1.54, 1.807) is 25.3 Å². The topological polar surface area (TPSA) is 67.4 Å². The van der Waals surface area contributed by atoms with Crippen LogP contribution in [0.2, 0.25) is 0 Å². The molecule has 0 aliphatic carbocycles. The molecule has 0 bridgehead atoms. The van der Waals surface area contributed by atoms with Gasteiger partial charge in [0.05, 0.1) is 11.5 Å². The van der Waals surface area contributed by atoms with E-state index in [2.05, 4.69) is 10.0 Å². The van der Waals surface area contributed by atoms with Crippen molar-refractivity contribution in [2.24, 2.45) is 0 Å². The lowest BCUT2D eigenvalue weighted by Gasteiger charge is -2.11. The summed E-state index contributed by atoms with van der Waals surface area (Å²) in [4.78, 5) is 0.255. The van der Waals surface area contributed by atoms with Gasteiger partial charge in [0, 0.05) is 19.3 Å². The van der Waals surface area contributed by atoms with Gasteiger partial charge >= 0.3 is 0 Å². The SMILES string of the molecule is CNS(=O)(=O)c1ccc(C)c(NCCOC)c1. The Morgan fingerprint density at radius 2 is 2.06 bits per heavy atom. The number of rotatable bonds is 6. The molecular weight excluding hydrogens is 240 g/mol. The standard InChI is InChI=1S/C11H18N2O3S/c1-9-4-5-10(17(14,15)12-2)8-11(9)13-6-7-16-3/h4-5,8,12-13H,6-7H2,1-3H3. The number of benzene rings is 1. The largest absolute Gasteiger partial charge is 0.383 e. The molecule has 0 heterocycles. The number of methoxy groups -OCH3 is 1. The summed E-state index contributed by atoms with van der Waals surface area (Å²) in [6, 6.07) is 4.98. The molecule has 6 heteroatoms. The fourth-order valence-corrected chi connectivity index (χ4v) is 2.12. The van der Waals surface area contributed by atoms with E-state index in [0.29, 0.717) is 13.2 Å². The average molecular weight is 258 g/mol. The van der Waals surface area contributed by atoms with Crippen molar-refractivity contribution in [3.63, 3.8) is 0 Å². The Labute approximate surface area is 102 Å². The van der Waals surface area contributed by atoms with Crippen molar-refractivity contribution >= 4 is 15.7 Å². The summed E-state index contributed by atoms with van der Waals surface area (Å²) >= 11 is 0. The second kappa shape index (κ2) is 6.00. The number of aryl methyl sites for hydroxylation is 1. The van der Waals surface area contributed by atoms with Crippen LogP contribution in [-0.4, -0.2) is 35.7 Å². The summed E-state index contributed by atoms with van der Waals surface area (Å²) in [5, 5.41) is 3.13. The van der Waals surface area contributed by atoms with Gasteiger partial charge in [-0.25, -0.2) is 13.1 Å². The van der Waals surface area contributed by atoms with Crippen molar-refractivity contribution in [2.45, 2.75) is 11.8 Å². The van der Waals surface area contributed by atoms with E-state index in [1.165, 1.54) is 7.05 Å². The molecule has 0 amide bonds. The van der Waals surface area contributed by atoms with Crippen molar-refractivity contribution in [1.29, 1.82) is 0 Å². The Balaban J connectivity index is 2.95. The summed E-state index contributed by atoms with van der Waals surface area (Å²) in [5.41, 5.74) is 1.80. The highest BCUT2D eigenvalue weighted by molar-refractivity contribution is 7.89. The van der Waals surface area contributed by atoms with Gasteiger partial charge in [-0.1, -0.05) is 6.07 Å². The fourth-order valence-electron chi connectivity index (χ4n) is 1.36. The van der Waals surface area contributed by atoms with Crippen molar-refractivity contribution < 1.29 is 13.2 Å². The van der Waals surface area contributed by atoms with Gasteiger partial charge in [0.15, 0.2) is 0 Å². The maximum absolute atomic E-state index is 11.6. The number of anilines is 1. The minimum Gasteiger partial charge on any atom is -0.383 e. The fraction of sp³-hybridized carbons (Fsp3) is 0.455.